The molecule has 0 radical (unpaired) electrons. The predicted octanol–water partition coefficient (Wildman–Crippen LogP) is 5.35. The largest absolute Gasteiger partial charge is 0.497 e. The molecule has 0 N–H and O–H groups in total. The highest BCUT2D eigenvalue weighted by atomic mass is 35.5. The van der Waals surface area contributed by atoms with Crippen LogP contribution in [0.3, 0.4) is 0 Å². The van der Waals surface area contributed by atoms with Gasteiger partial charge in [-0.25, -0.2) is 0 Å². The Hall–Kier alpha value is -3.90. The Balaban J connectivity index is 1.60. The summed E-state index contributed by atoms with van der Waals surface area (Å²) in [4.78, 5) is 17.9. The summed E-state index contributed by atoms with van der Waals surface area (Å²) in [6.45, 7) is 0.544. The molecule has 2 aromatic heterocycles. The third-order valence-corrected chi connectivity index (χ3v) is 5.71. The van der Waals surface area contributed by atoms with E-state index in [0.717, 1.165) is 16.6 Å². The number of fused-ring (bicyclic) bond motifs is 1. The number of methoxy groups -OCH3 is 1. The van der Waals surface area contributed by atoms with Crippen molar-refractivity contribution in [3.05, 3.63) is 111 Å². The fraction of sp³-hybridized carbons (Fsp3) is 0.115. The molecule has 33 heavy (non-hydrogen) atoms. The van der Waals surface area contributed by atoms with E-state index in [1.807, 2.05) is 71.3 Å². The van der Waals surface area contributed by atoms with Crippen molar-refractivity contribution < 1.29 is 9.26 Å². The number of halogens is 1. The van der Waals surface area contributed by atoms with E-state index >= 15 is 0 Å². The van der Waals surface area contributed by atoms with E-state index in [4.69, 9.17) is 20.9 Å². The van der Waals surface area contributed by atoms with Crippen LogP contribution in [0.4, 0.5) is 0 Å². The maximum absolute atomic E-state index is 13.4. The Morgan fingerprint density at radius 2 is 1.79 bits per heavy atom. The van der Waals surface area contributed by atoms with Crippen LogP contribution in [0, 0.1) is 0 Å². The van der Waals surface area contributed by atoms with Crippen molar-refractivity contribution in [2.45, 2.75) is 13.0 Å². The maximum atomic E-state index is 13.4. The lowest BCUT2D eigenvalue weighted by Crippen LogP contribution is -2.13. The van der Waals surface area contributed by atoms with Crippen molar-refractivity contribution in [2.24, 2.45) is 0 Å². The molecule has 0 aliphatic rings. The number of ether oxygens (including phenoxy) is 1. The number of rotatable bonds is 6. The third-order valence-electron chi connectivity index (χ3n) is 5.46. The molecule has 3 aromatic carbocycles. The van der Waals surface area contributed by atoms with Gasteiger partial charge in [0.2, 0.25) is 17.1 Å². The molecule has 0 aliphatic heterocycles. The van der Waals surface area contributed by atoms with Gasteiger partial charge in [0.1, 0.15) is 5.75 Å². The molecule has 0 fully saturated rings. The van der Waals surface area contributed by atoms with Crippen LogP contribution in [0.15, 0.2) is 88.3 Å². The summed E-state index contributed by atoms with van der Waals surface area (Å²) in [6.07, 6.45) is 2.27. The van der Waals surface area contributed by atoms with Gasteiger partial charge in [0.05, 0.1) is 30.0 Å². The molecule has 5 rings (SSSR count). The Bertz CT molecular complexity index is 1470. The highest BCUT2D eigenvalue weighted by Crippen LogP contribution is 2.24. The van der Waals surface area contributed by atoms with E-state index in [9.17, 15) is 4.79 Å². The van der Waals surface area contributed by atoms with Gasteiger partial charge in [0.15, 0.2) is 0 Å². The van der Waals surface area contributed by atoms with Crippen LogP contribution in [-0.2, 0) is 13.0 Å². The Labute approximate surface area is 195 Å². The number of nitrogens with zero attached hydrogens (tertiary/aromatic N) is 3. The minimum absolute atomic E-state index is 0.177. The van der Waals surface area contributed by atoms with Crippen molar-refractivity contribution in [3.63, 3.8) is 0 Å². The zero-order valence-electron chi connectivity index (χ0n) is 17.9. The van der Waals surface area contributed by atoms with Crippen LogP contribution in [0.1, 0.15) is 17.0 Å². The fourth-order valence-corrected chi connectivity index (χ4v) is 3.91. The van der Waals surface area contributed by atoms with Crippen molar-refractivity contribution in [2.75, 3.05) is 7.11 Å². The highest BCUT2D eigenvalue weighted by molar-refractivity contribution is 6.30. The second-order valence-corrected chi connectivity index (χ2v) is 8.12. The van der Waals surface area contributed by atoms with Gasteiger partial charge < -0.3 is 13.8 Å². The normalized spacial score (nSPS) is 11.1. The lowest BCUT2D eigenvalue weighted by atomic mass is 10.1. The SMILES string of the molecule is COc1ccc2c(c1)c(=O)c(-c1noc(Cc3ccccc3)n1)cn2Cc1ccc(Cl)cc1. The summed E-state index contributed by atoms with van der Waals surface area (Å²) in [5, 5.41) is 5.30. The zero-order valence-corrected chi connectivity index (χ0v) is 18.6. The van der Waals surface area contributed by atoms with Crippen molar-refractivity contribution in [1.29, 1.82) is 0 Å². The van der Waals surface area contributed by atoms with Gasteiger partial charge in [0, 0.05) is 17.8 Å². The fourth-order valence-electron chi connectivity index (χ4n) is 3.79. The Morgan fingerprint density at radius 3 is 2.55 bits per heavy atom. The molecular formula is C26H20ClN3O3. The van der Waals surface area contributed by atoms with E-state index < -0.39 is 0 Å². The summed E-state index contributed by atoms with van der Waals surface area (Å²) in [5.74, 6) is 1.32. The van der Waals surface area contributed by atoms with E-state index in [0.29, 0.717) is 40.6 Å². The molecule has 164 valence electrons. The second kappa shape index (κ2) is 8.92. The maximum Gasteiger partial charge on any atom is 0.231 e. The second-order valence-electron chi connectivity index (χ2n) is 7.68. The number of benzene rings is 3. The van der Waals surface area contributed by atoms with Gasteiger partial charge in [-0.1, -0.05) is 59.2 Å². The van der Waals surface area contributed by atoms with Crippen LogP contribution >= 0.6 is 11.6 Å². The molecule has 0 unspecified atom stereocenters. The highest BCUT2D eigenvalue weighted by Gasteiger charge is 2.17. The summed E-state index contributed by atoms with van der Waals surface area (Å²) in [5.41, 5.74) is 3.07. The van der Waals surface area contributed by atoms with Gasteiger partial charge >= 0.3 is 0 Å². The lowest BCUT2D eigenvalue weighted by Gasteiger charge is -2.13. The minimum Gasteiger partial charge on any atom is -0.497 e. The van der Waals surface area contributed by atoms with Crippen molar-refractivity contribution in [3.8, 4) is 17.1 Å². The molecule has 0 spiro atoms. The molecule has 7 heteroatoms. The molecule has 0 bridgehead atoms. The van der Waals surface area contributed by atoms with Crippen LogP contribution in [0.5, 0.6) is 5.75 Å². The minimum atomic E-state index is -0.177. The Morgan fingerprint density at radius 1 is 1.00 bits per heavy atom. The standard InChI is InChI=1S/C26H20ClN3O3/c1-32-20-11-12-23-21(14-20)25(31)22(16-30(23)15-18-7-9-19(27)10-8-18)26-28-24(33-29-26)13-17-5-3-2-4-6-17/h2-12,14,16H,13,15H2,1H3. The van der Waals surface area contributed by atoms with E-state index in [1.54, 1.807) is 19.4 Å². The van der Waals surface area contributed by atoms with Gasteiger partial charge in [-0.2, -0.15) is 4.98 Å². The molecule has 0 saturated heterocycles. The molecule has 0 aliphatic carbocycles. The molecule has 0 saturated carbocycles. The molecule has 0 amide bonds. The quantitative estimate of drug-likeness (QED) is 0.343. The number of aromatic nitrogens is 3. The van der Waals surface area contributed by atoms with Crippen LogP contribution < -0.4 is 10.2 Å². The van der Waals surface area contributed by atoms with Crippen LogP contribution in [-0.4, -0.2) is 21.8 Å². The molecule has 6 nitrogen and oxygen atoms in total. The van der Waals surface area contributed by atoms with Gasteiger partial charge in [-0.3, -0.25) is 4.79 Å². The lowest BCUT2D eigenvalue weighted by molar-refractivity contribution is 0.385. The first-order valence-corrected chi connectivity index (χ1v) is 10.8. The van der Waals surface area contributed by atoms with Gasteiger partial charge in [0.25, 0.3) is 0 Å². The summed E-state index contributed by atoms with van der Waals surface area (Å²) in [7, 11) is 1.58. The van der Waals surface area contributed by atoms with Gasteiger partial charge in [-0.05, 0) is 41.5 Å². The van der Waals surface area contributed by atoms with Crippen molar-refractivity contribution >= 4 is 22.5 Å². The average Bonchev–Trinajstić information content (AvgIpc) is 3.30. The summed E-state index contributed by atoms with van der Waals surface area (Å²) >= 11 is 6.04. The smallest absolute Gasteiger partial charge is 0.231 e. The first-order valence-electron chi connectivity index (χ1n) is 10.4. The third kappa shape index (κ3) is 4.38. The van der Waals surface area contributed by atoms with E-state index in [-0.39, 0.29) is 11.3 Å². The number of pyridine rings is 1. The van der Waals surface area contributed by atoms with Gasteiger partial charge in [-0.15, -0.1) is 0 Å². The average molecular weight is 458 g/mol. The zero-order chi connectivity index (χ0) is 22.8. The summed E-state index contributed by atoms with van der Waals surface area (Å²) < 4.78 is 12.8. The molecule has 5 aromatic rings. The first kappa shape index (κ1) is 21.0. The first-order chi connectivity index (χ1) is 16.1. The molecular weight excluding hydrogens is 438 g/mol. The monoisotopic (exact) mass is 457 g/mol. The van der Waals surface area contributed by atoms with Crippen LogP contribution in [0.2, 0.25) is 5.02 Å². The van der Waals surface area contributed by atoms with Crippen molar-refractivity contribution in [1.82, 2.24) is 14.7 Å². The summed E-state index contributed by atoms with van der Waals surface area (Å²) in [6, 6.07) is 22.9. The number of hydrogen-bond acceptors (Lipinski definition) is 5. The van der Waals surface area contributed by atoms with E-state index in [1.165, 1.54) is 0 Å². The van der Waals surface area contributed by atoms with E-state index in [2.05, 4.69) is 10.1 Å². The Kier molecular flexibility index (Phi) is 5.67. The van der Waals surface area contributed by atoms with Crippen LogP contribution in [0.25, 0.3) is 22.3 Å². The topological polar surface area (TPSA) is 70.2 Å². The molecule has 2 heterocycles. The predicted molar refractivity (Wildman–Crippen MR) is 128 cm³/mol. The molecule has 0 atom stereocenters. The number of hydrogen-bond donors (Lipinski definition) is 0.